The molecule has 0 aliphatic heterocycles. The van der Waals surface area contributed by atoms with Crippen LogP contribution in [-0.4, -0.2) is 0 Å². The largest absolute Gasteiger partial charge is 0.165 e. The van der Waals surface area contributed by atoms with E-state index in [0.717, 1.165) is 6.42 Å². The molecule has 0 saturated heterocycles. The van der Waals surface area contributed by atoms with Crippen LogP contribution in [0.2, 0.25) is 0 Å². The summed E-state index contributed by atoms with van der Waals surface area (Å²) < 4.78 is 0. The van der Waals surface area contributed by atoms with Crippen LogP contribution in [0, 0.1) is 0 Å². The second kappa shape index (κ2) is 7.33. The van der Waals surface area contributed by atoms with Gasteiger partial charge in [-0.05, 0) is 19.3 Å². The van der Waals surface area contributed by atoms with Gasteiger partial charge in [0.2, 0.25) is 0 Å². The number of aryl methyl sites for hydroxylation is 3. The zero-order valence-corrected chi connectivity index (χ0v) is 15.4. The molecule has 2 aromatic rings. The monoisotopic (exact) mass is 407 g/mol. The summed E-state index contributed by atoms with van der Waals surface area (Å²) in [5.74, 6) is 0. The minimum atomic E-state index is 0. The van der Waals surface area contributed by atoms with E-state index in [1.54, 1.807) is 5.56 Å². The molecule has 18 heavy (non-hydrogen) atoms. The van der Waals surface area contributed by atoms with Crippen molar-refractivity contribution in [1.82, 2.24) is 0 Å². The normalized spacial score (nSPS) is 10.6. The molecule has 0 aliphatic rings. The van der Waals surface area contributed by atoms with Crippen molar-refractivity contribution in [2.75, 3.05) is 0 Å². The molecule has 0 heterocycles. The molecule has 0 saturated carbocycles. The smallest absolute Gasteiger partial charge is 0 e. The molecule has 0 atom stereocenters. The van der Waals surface area contributed by atoms with Crippen molar-refractivity contribution in [3.63, 3.8) is 0 Å². The standard InChI is InChI=1S/C17H23.Hf/c1-4-7-14-10-15(8-5-2)17-12-13(6-3)9-16(17)11-14;/h9-12H,4-8H2,1-3H3;/q-1;. The van der Waals surface area contributed by atoms with Crippen molar-refractivity contribution < 1.29 is 25.8 Å². The molecular weight excluding hydrogens is 383 g/mol. The number of rotatable bonds is 5. The van der Waals surface area contributed by atoms with Gasteiger partial charge in [-0.25, -0.2) is 0 Å². The molecule has 0 spiro atoms. The number of hydrogen-bond acceptors (Lipinski definition) is 0. The SMILES string of the molecule is CCCc1cc(CCC)c2cc(CC)[cH-]c2c1.[Hf]. The predicted octanol–water partition coefficient (Wildman–Crippen LogP) is 5.02. The van der Waals surface area contributed by atoms with Crippen LogP contribution >= 0.6 is 0 Å². The maximum atomic E-state index is 2.43. The van der Waals surface area contributed by atoms with Gasteiger partial charge in [0.1, 0.15) is 0 Å². The zero-order chi connectivity index (χ0) is 12.3. The first kappa shape index (κ1) is 15.8. The Kier molecular flexibility index (Phi) is 6.42. The Hall–Kier alpha value is -0.300. The van der Waals surface area contributed by atoms with Crippen molar-refractivity contribution in [3.8, 4) is 0 Å². The van der Waals surface area contributed by atoms with Gasteiger partial charge < -0.3 is 0 Å². The number of benzene rings is 1. The Balaban J connectivity index is 0.00000162. The zero-order valence-electron chi connectivity index (χ0n) is 11.8. The van der Waals surface area contributed by atoms with Crippen LogP contribution in [0.5, 0.6) is 0 Å². The quantitative estimate of drug-likeness (QED) is 0.484. The van der Waals surface area contributed by atoms with Gasteiger partial charge >= 0.3 is 0 Å². The topological polar surface area (TPSA) is 0 Å². The van der Waals surface area contributed by atoms with E-state index in [1.807, 2.05) is 0 Å². The Morgan fingerprint density at radius 3 is 2.28 bits per heavy atom. The van der Waals surface area contributed by atoms with Gasteiger partial charge in [-0.1, -0.05) is 50.8 Å². The minimum absolute atomic E-state index is 0. The molecule has 0 aliphatic carbocycles. The van der Waals surface area contributed by atoms with Gasteiger partial charge in [0.05, 0.1) is 0 Å². The molecule has 0 nitrogen and oxygen atoms in total. The summed E-state index contributed by atoms with van der Waals surface area (Å²) in [6, 6.07) is 9.57. The van der Waals surface area contributed by atoms with Crippen molar-refractivity contribution in [1.29, 1.82) is 0 Å². The van der Waals surface area contributed by atoms with Crippen LogP contribution < -0.4 is 0 Å². The second-order valence-electron chi connectivity index (χ2n) is 4.97. The Bertz CT molecular complexity index is 494. The molecular formula is C17H23Hf-. The van der Waals surface area contributed by atoms with Crippen LogP contribution in [0.1, 0.15) is 50.3 Å². The van der Waals surface area contributed by atoms with E-state index in [4.69, 9.17) is 0 Å². The molecule has 0 aromatic heterocycles. The van der Waals surface area contributed by atoms with E-state index < -0.39 is 0 Å². The fourth-order valence-corrected chi connectivity index (χ4v) is 2.64. The predicted molar refractivity (Wildman–Crippen MR) is 76.9 cm³/mol. The number of hydrogen-bond donors (Lipinski definition) is 0. The van der Waals surface area contributed by atoms with Gasteiger partial charge in [0.25, 0.3) is 0 Å². The van der Waals surface area contributed by atoms with Crippen molar-refractivity contribution in [2.45, 2.75) is 52.9 Å². The third-order valence-electron chi connectivity index (χ3n) is 3.49. The van der Waals surface area contributed by atoms with Gasteiger partial charge in [-0.3, -0.25) is 0 Å². The molecule has 0 fully saturated rings. The summed E-state index contributed by atoms with van der Waals surface area (Å²) in [5.41, 5.74) is 4.54. The Morgan fingerprint density at radius 2 is 1.67 bits per heavy atom. The van der Waals surface area contributed by atoms with Gasteiger partial charge in [0.15, 0.2) is 0 Å². The second-order valence-corrected chi connectivity index (χ2v) is 4.97. The molecule has 0 N–H and O–H groups in total. The summed E-state index contributed by atoms with van der Waals surface area (Å²) in [6.45, 7) is 6.76. The Labute approximate surface area is 130 Å². The molecule has 0 amide bonds. The first-order valence-corrected chi connectivity index (χ1v) is 6.99. The van der Waals surface area contributed by atoms with E-state index in [1.165, 1.54) is 47.6 Å². The molecule has 0 unspecified atom stereocenters. The fraction of sp³-hybridized carbons (Fsp3) is 0.471. The molecule has 1 heteroatoms. The third kappa shape index (κ3) is 3.38. The van der Waals surface area contributed by atoms with E-state index in [2.05, 4.69) is 45.0 Å². The molecule has 0 bridgehead atoms. The molecule has 96 valence electrons. The van der Waals surface area contributed by atoms with Crippen molar-refractivity contribution >= 4 is 10.8 Å². The van der Waals surface area contributed by atoms with Crippen LogP contribution in [0.4, 0.5) is 0 Å². The summed E-state index contributed by atoms with van der Waals surface area (Å²) in [6.07, 6.45) is 6.03. The van der Waals surface area contributed by atoms with Gasteiger partial charge in [-0.2, -0.15) is 6.07 Å². The maximum absolute atomic E-state index is 2.43. The van der Waals surface area contributed by atoms with Crippen LogP contribution in [-0.2, 0) is 45.1 Å². The number of fused-ring (bicyclic) bond motifs is 1. The van der Waals surface area contributed by atoms with Crippen LogP contribution in [0.3, 0.4) is 0 Å². The summed E-state index contributed by atoms with van der Waals surface area (Å²) >= 11 is 0. The molecule has 2 rings (SSSR count). The van der Waals surface area contributed by atoms with E-state index >= 15 is 0 Å². The van der Waals surface area contributed by atoms with E-state index in [0.29, 0.717) is 0 Å². The summed E-state index contributed by atoms with van der Waals surface area (Å²) in [7, 11) is 0. The minimum Gasteiger partial charge on any atom is -0.165 e. The average Bonchev–Trinajstić information content (AvgIpc) is 2.73. The fourth-order valence-electron chi connectivity index (χ4n) is 2.64. The maximum Gasteiger partial charge on any atom is 0 e. The average molecular weight is 406 g/mol. The Morgan fingerprint density at radius 1 is 0.944 bits per heavy atom. The summed E-state index contributed by atoms with van der Waals surface area (Å²) in [5, 5.41) is 2.94. The van der Waals surface area contributed by atoms with Crippen LogP contribution in [0.25, 0.3) is 10.8 Å². The molecule has 2 aromatic carbocycles. The first-order chi connectivity index (χ1) is 8.28. The van der Waals surface area contributed by atoms with Crippen LogP contribution in [0.15, 0.2) is 24.3 Å². The van der Waals surface area contributed by atoms with E-state index in [9.17, 15) is 0 Å². The third-order valence-corrected chi connectivity index (χ3v) is 3.49. The van der Waals surface area contributed by atoms with Crippen molar-refractivity contribution in [2.24, 2.45) is 0 Å². The summed E-state index contributed by atoms with van der Waals surface area (Å²) in [4.78, 5) is 0. The van der Waals surface area contributed by atoms with Gasteiger partial charge in [-0.15, -0.1) is 28.5 Å². The van der Waals surface area contributed by atoms with E-state index in [-0.39, 0.29) is 25.8 Å². The first-order valence-electron chi connectivity index (χ1n) is 6.99. The molecule has 0 radical (unpaired) electrons. The van der Waals surface area contributed by atoms with Gasteiger partial charge in [0, 0.05) is 25.8 Å². The van der Waals surface area contributed by atoms with Crippen molar-refractivity contribution in [3.05, 3.63) is 41.0 Å².